The molecule has 1 aromatic rings. The summed E-state index contributed by atoms with van der Waals surface area (Å²) in [4.78, 5) is -0.0666. The molecule has 0 heterocycles. The maximum absolute atomic E-state index is 10.5. The summed E-state index contributed by atoms with van der Waals surface area (Å²) >= 11 is 0. The van der Waals surface area contributed by atoms with Gasteiger partial charge >= 0.3 is 0 Å². The summed E-state index contributed by atoms with van der Waals surface area (Å²) in [6, 6.07) is 5.99. The second-order valence-electron chi connectivity index (χ2n) is 2.29. The second kappa shape index (κ2) is 5.65. The van der Waals surface area contributed by atoms with Crippen LogP contribution in [0.4, 0.5) is 0 Å². The van der Waals surface area contributed by atoms with Gasteiger partial charge in [0.05, 0.1) is 4.90 Å². The van der Waals surface area contributed by atoms with Crippen molar-refractivity contribution in [3.63, 3.8) is 0 Å². The third kappa shape index (κ3) is 4.67. The zero-order valence-corrected chi connectivity index (χ0v) is 10.3. The fraction of sp³-hybridized carbons (Fsp3) is 0.143. The van der Waals surface area contributed by atoms with Gasteiger partial charge in [-0.3, -0.25) is 4.55 Å². The van der Waals surface area contributed by atoms with E-state index in [1.165, 1.54) is 12.1 Å². The second-order valence-corrected chi connectivity index (χ2v) is 3.71. The summed E-state index contributed by atoms with van der Waals surface area (Å²) in [5.74, 6) is 0. The average molecular weight is 281 g/mol. The van der Waals surface area contributed by atoms with Gasteiger partial charge in [-0.1, -0.05) is 17.7 Å². The minimum Gasteiger partial charge on any atom is -0.412 e. The molecule has 72 valence electrons. The van der Waals surface area contributed by atoms with Gasteiger partial charge in [-0.05, 0) is 19.1 Å². The maximum atomic E-state index is 10.5. The molecular formula is C7H10O4SZr. The van der Waals surface area contributed by atoms with Crippen LogP contribution in [0.25, 0.3) is 0 Å². The Kier molecular flexibility index (Phi) is 6.71. The van der Waals surface area contributed by atoms with Crippen LogP contribution in [-0.2, 0) is 36.3 Å². The Morgan fingerprint density at radius 1 is 1.15 bits per heavy atom. The summed E-state index contributed by atoms with van der Waals surface area (Å²) in [5, 5.41) is 0. The normalized spacial score (nSPS) is 9.69. The van der Waals surface area contributed by atoms with Crippen molar-refractivity contribution in [3.8, 4) is 0 Å². The Labute approximate surface area is 96.2 Å². The van der Waals surface area contributed by atoms with E-state index >= 15 is 0 Å². The molecule has 1 aromatic carbocycles. The Hall–Kier alpha value is -0.0269. The summed E-state index contributed by atoms with van der Waals surface area (Å²) < 4.78 is 29.6. The van der Waals surface area contributed by atoms with Crippen molar-refractivity contribution in [2.45, 2.75) is 11.8 Å². The van der Waals surface area contributed by atoms with Gasteiger partial charge in [0, 0.05) is 26.2 Å². The summed E-state index contributed by atoms with van der Waals surface area (Å²) in [7, 11) is -4.02. The van der Waals surface area contributed by atoms with Crippen LogP contribution in [0.3, 0.4) is 0 Å². The van der Waals surface area contributed by atoms with Crippen LogP contribution >= 0.6 is 0 Å². The van der Waals surface area contributed by atoms with Gasteiger partial charge in [0.25, 0.3) is 10.1 Å². The summed E-state index contributed by atoms with van der Waals surface area (Å²) in [6.07, 6.45) is 0. The molecule has 0 saturated heterocycles. The van der Waals surface area contributed by atoms with Crippen LogP contribution in [0.1, 0.15) is 5.56 Å². The number of benzene rings is 1. The first kappa shape index (κ1) is 15.4. The first-order valence-electron chi connectivity index (χ1n) is 3.04. The molecule has 0 atom stereocenters. The molecule has 0 aliphatic rings. The molecule has 0 aliphatic carbocycles. The van der Waals surface area contributed by atoms with Gasteiger partial charge in [0.1, 0.15) is 0 Å². The van der Waals surface area contributed by atoms with E-state index in [0.717, 1.165) is 5.56 Å². The van der Waals surface area contributed by atoms with E-state index in [1.807, 2.05) is 6.92 Å². The number of aryl methyl sites for hydroxylation is 1. The molecule has 0 aromatic heterocycles. The number of hydrogen-bond donors (Lipinski definition) is 1. The zero-order valence-electron chi connectivity index (χ0n) is 6.98. The quantitative estimate of drug-likeness (QED) is 0.757. The molecular weight excluding hydrogens is 271 g/mol. The van der Waals surface area contributed by atoms with E-state index in [0.29, 0.717) is 0 Å². The maximum Gasteiger partial charge on any atom is 0.294 e. The number of hydrogen-bond acceptors (Lipinski definition) is 2. The van der Waals surface area contributed by atoms with Crippen molar-refractivity contribution in [2.24, 2.45) is 0 Å². The topological polar surface area (TPSA) is 85.9 Å². The van der Waals surface area contributed by atoms with Gasteiger partial charge < -0.3 is 5.48 Å². The molecule has 13 heavy (non-hydrogen) atoms. The Morgan fingerprint density at radius 3 is 1.85 bits per heavy atom. The van der Waals surface area contributed by atoms with E-state index in [2.05, 4.69) is 0 Å². The van der Waals surface area contributed by atoms with E-state index in [4.69, 9.17) is 4.55 Å². The fourth-order valence-corrected chi connectivity index (χ4v) is 1.19. The SMILES string of the molecule is Cc1ccc(S(=O)(=O)O)cc1.O.[Zr]. The molecule has 0 fully saturated rings. The summed E-state index contributed by atoms with van der Waals surface area (Å²) in [6.45, 7) is 1.84. The van der Waals surface area contributed by atoms with Crippen molar-refractivity contribution >= 4 is 10.1 Å². The van der Waals surface area contributed by atoms with Gasteiger partial charge in [-0.2, -0.15) is 8.42 Å². The minimum absolute atomic E-state index is 0. The molecule has 0 spiro atoms. The van der Waals surface area contributed by atoms with Crippen LogP contribution in [0, 0.1) is 6.92 Å². The largest absolute Gasteiger partial charge is 0.412 e. The van der Waals surface area contributed by atoms with E-state index in [9.17, 15) is 8.42 Å². The first-order valence-corrected chi connectivity index (χ1v) is 4.48. The van der Waals surface area contributed by atoms with Gasteiger partial charge in [-0.25, -0.2) is 0 Å². The van der Waals surface area contributed by atoms with Crippen LogP contribution in [0.15, 0.2) is 29.2 Å². The van der Waals surface area contributed by atoms with E-state index in [1.54, 1.807) is 12.1 Å². The van der Waals surface area contributed by atoms with E-state index < -0.39 is 10.1 Å². The van der Waals surface area contributed by atoms with Crippen LogP contribution in [0.2, 0.25) is 0 Å². The monoisotopic (exact) mass is 280 g/mol. The standard InChI is InChI=1S/C7H8O3S.H2O.Zr/c1-6-2-4-7(5-3-6)11(8,9)10;;/h2-5H,1H3,(H,8,9,10);1H2;. The molecule has 6 heteroatoms. The zero-order chi connectivity index (χ0) is 8.48. The predicted octanol–water partition coefficient (Wildman–Crippen LogP) is 0.415. The molecule has 1 rings (SSSR count). The Balaban J connectivity index is 0. The predicted molar refractivity (Wildman–Crippen MR) is 44.6 cm³/mol. The van der Waals surface area contributed by atoms with Crippen molar-refractivity contribution in [3.05, 3.63) is 29.8 Å². The molecule has 0 radical (unpaired) electrons. The van der Waals surface area contributed by atoms with Gasteiger partial charge in [-0.15, -0.1) is 0 Å². The molecule has 3 N–H and O–H groups in total. The van der Waals surface area contributed by atoms with Crippen molar-refractivity contribution in [1.29, 1.82) is 0 Å². The Morgan fingerprint density at radius 2 is 1.54 bits per heavy atom. The van der Waals surface area contributed by atoms with Crippen LogP contribution in [0.5, 0.6) is 0 Å². The molecule has 0 amide bonds. The third-order valence-corrected chi connectivity index (χ3v) is 2.19. The molecule has 4 nitrogen and oxygen atoms in total. The average Bonchev–Trinajstić information content (AvgIpc) is 1.86. The first-order chi connectivity index (χ1) is 5.00. The van der Waals surface area contributed by atoms with Crippen LogP contribution in [-0.4, -0.2) is 18.4 Å². The fourth-order valence-electron chi connectivity index (χ4n) is 0.710. The molecule has 0 aliphatic heterocycles. The molecule has 0 unspecified atom stereocenters. The minimum atomic E-state index is -4.02. The van der Waals surface area contributed by atoms with E-state index in [-0.39, 0.29) is 36.6 Å². The smallest absolute Gasteiger partial charge is 0.294 e. The van der Waals surface area contributed by atoms with Gasteiger partial charge in [0.2, 0.25) is 0 Å². The molecule has 0 bridgehead atoms. The van der Waals surface area contributed by atoms with Crippen molar-refractivity contribution in [1.82, 2.24) is 0 Å². The van der Waals surface area contributed by atoms with Crippen molar-refractivity contribution < 1.29 is 44.7 Å². The van der Waals surface area contributed by atoms with Crippen molar-refractivity contribution in [2.75, 3.05) is 0 Å². The molecule has 0 saturated carbocycles. The summed E-state index contributed by atoms with van der Waals surface area (Å²) in [5.41, 5.74) is 0.956. The van der Waals surface area contributed by atoms with Gasteiger partial charge in [0.15, 0.2) is 0 Å². The Bertz CT molecular complexity index is 343. The van der Waals surface area contributed by atoms with Crippen LogP contribution < -0.4 is 0 Å². The third-order valence-electron chi connectivity index (χ3n) is 1.32. The number of rotatable bonds is 1.